The van der Waals surface area contributed by atoms with E-state index in [1.807, 2.05) is 0 Å². The van der Waals surface area contributed by atoms with Crippen molar-refractivity contribution in [2.24, 2.45) is 10.2 Å². The van der Waals surface area contributed by atoms with Gasteiger partial charge in [-0.05, 0) is 24.3 Å². The van der Waals surface area contributed by atoms with Gasteiger partial charge in [0.1, 0.15) is 20.2 Å². The van der Waals surface area contributed by atoms with E-state index < -0.39 is 62.6 Å². The molecule has 0 N–H and O–H groups in total. The molecule has 0 aliphatic heterocycles. The second kappa shape index (κ2) is 7.35. The minimum Gasteiger partial charge on any atom is -0.744 e. The summed E-state index contributed by atoms with van der Waals surface area (Å²) in [6.07, 6.45) is 0. The Morgan fingerprint density at radius 2 is 1.00 bits per heavy atom. The van der Waals surface area contributed by atoms with E-state index in [2.05, 4.69) is 10.2 Å². The minimum absolute atomic E-state index is 0.443. The van der Waals surface area contributed by atoms with Crippen LogP contribution in [0.15, 0.2) is 56.4 Å². The molecule has 16 heteroatoms. The molecule has 28 heavy (non-hydrogen) atoms. The lowest BCUT2D eigenvalue weighted by molar-refractivity contribution is -0.384. The summed E-state index contributed by atoms with van der Waals surface area (Å²) in [7, 11) is -9.96. The smallest absolute Gasteiger partial charge is 0.297 e. The summed E-state index contributed by atoms with van der Waals surface area (Å²) >= 11 is 0. The predicted molar refractivity (Wildman–Crippen MR) is 86.3 cm³/mol. The van der Waals surface area contributed by atoms with Gasteiger partial charge in [-0.3, -0.25) is 20.2 Å². The van der Waals surface area contributed by atoms with Gasteiger partial charge in [0.2, 0.25) is 0 Å². The van der Waals surface area contributed by atoms with Crippen LogP contribution >= 0.6 is 0 Å². The van der Waals surface area contributed by atoms with E-state index >= 15 is 0 Å². The summed E-state index contributed by atoms with van der Waals surface area (Å²) in [5.74, 6) is 0. The first kappa shape index (κ1) is 21.0. The van der Waals surface area contributed by atoms with Crippen LogP contribution in [-0.2, 0) is 20.2 Å². The Labute approximate surface area is 155 Å². The summed E-state index contributed by atoms with van der Waals surface area (Å²) in [6.45, 7) is 0. The maximum absolute atomic E-state index is 11.0. The monoisotopic (exact) mass is 430 g/mol. The lowest BCUT2D eigenvalue weighted by atomic mass is 10.2. The third-order valence-corrected chi connectivity index (χ3v) is 4.79. The van der Waals surface area contributed by atoms with Crippen LogP contribution in [0.4, 0.5) is 22.7 Å². The van der Waals surface area contributed by atoms with Crippen LogP contribution in [0.5, 0.6) is 0 Å². The molecule has 0 aliphatic rings. The molecule has 2 rings (SSSR count). The number of nitrogens with zero attached hydrogens (tertiary/aromatic N) is 4. The summed E-state index contributed by atoms with van der Waals surface area (Å²) in [6, 6.07) is 3.91. The second-order valence-corrected chi connectivity index (χ2v) is 7.68. The first-order valence-corrected chi connectivity index (χ1v) is 9.53. The van der Waals surface area contributed by atoms with Gasteiger partial charge in [-0.15, -0.1) is 10.2 Å². The normalized spacial score (nSPS) is 12.2. The molecule has 0 aromatic heterocycles. The van der Waals surface area contributed by atoms with Crippen molar-refractivity contribution in [3.8, 4) is 0 Å². The number of nitro benzene ring substituents is 2. The highest BCUT2D eigenvalue weighted by Crippen LogP contribution is 2.34. The molecule has 0 heterocycles. The highest BCUT2D eigenvalue weighted by molar-refractivity contribution is 7.86. The van der Waals surface area contributed by atoms with Crippen molar-refractivity contribution in [1.82, 2.24) is 0 Å². The van der Waals surface area contributed by atoms with Crippen LogP contribution in [0.3, 0.4) is 0 Å². The van der Waals surface area contributed by atoms with Gasteiger partial charge in [0.25, 0.3) is 11.4 Å². The lowest BCUT2D eigenvalue weighted by Crippen LogP contribution is -2.00. The SMILES string of the molecule is O=[N+]([O-])c1cc(S(=O)(=O)[O-])ccc1N=Nc1ccc(S(=O)(=O)[O-])cc1[N+](=O)[O-]. The highest BCUT2D eigenvalue weighted by Gasteiger charge is 2.19. The van der Waals surface area contributed by atoms with Gasteiger partial charge in [-0.2, -0.15) is 0 Å². The minimum atomic E-state index is -4.98. The van der Waals surface area contributed by atoms with Gasteiger partial charge in [-0.25, -0.2) is 16.8 Å². The van der Waals surface area contributed by atoms with Gasteiger partial charge in [0, 0.05) is 12.1 Å². The average molecular weight is 430 g/mol. The van der Waals surface area contributed by atoms with E-state index in [9.17, 15) is 46.2 Å². The van der Waals surface area contributed by atoms with Gasteiger partial charge in [0.05, 0.1) is 19.6 Å². The topological polar surface area (TPSA) is 225 Å². The van der Waals surface area contributed by atoms with E-state index in [4.69, 9.17) is 0 Å². The Morgan fingerprint density at radius 3 is 1.25 bits per heavy atom. The van der Waals surface area contributed by atoms with Crippen LogP contribution in [-0.4, -0.2) is 35.8 Å². The molecule has 0 fully saturated rings. The van der Waals surface area contributed by atoms with Crippen LogP contribution in [0.2, 0.25) is 0 Å². The van der Waals surface area contributed by atoms with Gasteiger partial charge in [-0.1, -0.05) is 0 Å². The fraction of sp³-hybridized carbons (Fsp3) is 0. The Hall–Kier alpha value is -3.34. The molecule has 14 nitrogen and oxygen atoms in total. The van der Waals surface area contributed by atoms with Crippen molar-refractivity contribution in [2.45, 2.75) is 9.79 Å². The molecule has 2 aromatic carbocycles. The zero-order chi connectivity index (χ0) is 21.3. The Balaban J connectivity index is 2.57. The molecular formula is C12H6N4O10S2-2. The number of hydrogen-bond donors (Lipinski definition) is 0. The molecule has 0 saturated heterocycles. The van der Waals surface area contributed by atoms with E-state index in [-0.39, 0.29) is 0 Å². The number of hydrogen-bond acceptors (Lipinski definition) is 12. The summed E-state index contributed by atoms with van der Waals surface area (Å²) in [4.78, 5) is 18.2. The van der Waals surface area contributed by atoms with Gasteiger partial charge >= 0.3 is 0 Å². The Kier molecular flexibility index (Phi) is 5.50. The molecule has 0 bridgehead atoms. The van der Waals surface area contributed by atoms with Crippen molar-refractivity contribution in [2.75, 3.05) is 0 Å². The Morgan fingerprint density at radius 1 is 0.679 bits per heavy atom. The standard InChI is InChI=1S/C12H8N4O10S2/c17-15(18)11-5-7(27(21,22)23)1-3-9(11)13-14-10-4-2-8(28(24,25)26)6-12(10)16(19)20/h1-6H,(H,21,22,23)(H,24,25,26)/p-2. The molecule has 0 unspecified atom stereocenters. The number of nitro groups is 2. The fourth-order valence-corrected chi connectivity index (χ4v) is 2.87. The van der Waals surface area contributed by atoms with E-state index in [0.717, 1.165) is 24.3 Å². The molecule has 2 aromatic rings. The van der Waals surface area contributed by atoms with Crippen LogP contribution in [0.1, 0.15) is 0 Å². The Bertz CT molecular complexity index is 1130. The first-order chi connectivity index (χ1) is 12.8. The van der Waals surface area contributed by atoms with E-state index in [1.165, 1.54) is 0 Å². The molecule has 0 spiro atoms. The number of azo groups is 1. The van der Waals surface area contributed by atoms with Crippen molar-refractivity contribution in [1.29, 1.82) is 0 Å². The molecule has 0 atom stereocenters. The highest BCUT2D eigenvalue weighted by atomic mass is 32.2. The molecule has 148 valence electrons. The molecular weight excluding hydrogens is 424 g/mol. The van der Waals surface area contributed by atoms with Gasteiger partial charge < -0.3 is 9.11 Å². The molecule has 0 aliphatic carbocycles. The maximum Gasteiger partial charge on any atom is 0.297 e. The predicted octanol–water partition coefficient (Wildman–Crippen LogP) is 1.73. The first-order valence-electron chi connectivity index (χ1n) is 6.71. The number of rotatable bonds is 6. The number of benzene rings is 2. The van der Waals surface area contributed by atoms with Crippen molar-refractivity contribution in [3.05, 3.63) is 56.6 Å². The van der Waals surface area contributed by atoms with Crippen molar-refractivity contribution in [3.63, 3.8) is 0 Å². The van der Waals surface area contributed by atoms with E-state index in [0.29, 0.717) is 12.1 Å². The third kappa shape index (κ3) is 4.68. The van der Waals surface area contributed by atoms with E-state index in [1.54, 1.807) is 0 Å². The van der Waals surface area contributed by atoms with Gasteiger partial charge in [0.15, 0.2) is 11.4 Å². The van der Waals surface area contributed by atoms with Crippen LogP contribution in [0.25, 0.3) is 0 Å². The summed E-state index contributed by atoms with van der Waals surface area (Å²) in [5, 5.41) is 28.9. The van der Waals surface area contributed by atoms with Crippen LogP contribution < -0.4 is 0 Å². The fourth-order valence-electron chi connectivity index (χ4n) is 1.89. The lowest BCUT2D eigenvalue weighted by Gasteiger charge is -2.07. The molecule has 0 saturated carbocycles. The molecule has 0 radical (unpaired) electrons. The maximum atomic E-state index is 11.0. The average Bonchev–Trinajstić information content (AvgIpc) is 2.57. The second-order valence-electron chi connectivity index (χ2n) is 4.92. The summed E-state index contributed by atoms with van der Waals surface area (Å²) in [5.41, 5.74) is -2.90. The quantitative estimate of drug-likeness (QED) is 0.279. The summed E-state index contributed by atoms with van der Waals surface area (Å²) < 4.78 is 65.7. The van der Waals surface area contributed by atoms with Crippen molar-refractivity contribution >= 4 is 43.0 Å². The van der Waals surface area contributed by atoms with Crippen molar-refractivity contribution < 1.29 is 35.8 Å². The largest absolute Gasteiger partial charge is 0.744 e. The third-order valence-electron chi connectivity index (χ3n) is 3.13. The molecule has 0 amide bonds. The zero-order valence-electron chi connectivity index (χ0n) is 13.2. The zero-order valence-corrected chi connectivity index (χ0v) is 14.8. The van der Waals surface area contributed by atoms with Crippen LogP contribution in [0, 0.1) is 20.2 Å².